The zero-order chi connectivity index (χ0) is 21.8. The number of rotatable bonds is 7. The first-order valence-corrected chi connectivity index (χ1v) is 10.4. The van der Waals surface area contributed by atoms with Crippen molar-refractivity contribution in [3.8, 4) is 5.75 Å². The lowest BCUT2D eigenvalue weighted by Gasteiger charge is -2.26. The molecule has 1 atom stereocenters. The van der Waals surface area contributed by atoms with E-state index < -0.39 is 33.6 Å². The molecule has 3 N–H and O–H groups in total. The normalized spacial score (nSPS) is 12.7. The van der Waals surface area contributed by atoms with E-state index in [0.717, 1.165) is 0 Å². The first kappa shape index (κ1) is 22.7. The maximum absolute atomic E-state index is 12.4. The van der Waals surface area contributed by atoms with Crippen LogP contribution in [0.5, 0.6) is 5.75 Å². The summed E-state index contributed by atoms with van der Waals surface area (Å²) >= 11 is 5.82. The van der Waals surface area contributed by atoms with Crippen molar-refractivity contribution in [3.05, 3.63) is 53.6 Å². The Bertz CT molecular complexity index is 988. The molecule has 0 aliphatic heterocycles. The van der Waals surface area contributed by atoms with Crippen molar-refractivity contribution in [2.45, 2.75) is 37.4 Å². The average Bonchev–Trinajstić information content (AvgIpc) is 2.63. The van der Waals surface area contributed by atoms with Crippen molar-refractivity contribution in [2.24, 2.45) is 5.14 Å². The van der Waals surface area contributed by atoms with Crippen LogP contribution in [0.1, 0.15) is 20.8 Å². The Kier molecular flexibility index (Phi) is 6.89. The van der Waals surface area contributed by atoms with Crippen LogP contribution >= 0.6 is 11.6 Å². The Morgan fingerprint density at radius 2 is 1.62 bits per heavy atom. The number of nitrogens with two attached hydrogens (primary N) is 1. The molecule has 1 amide bonds. The third-order valence-corrected chi connectivity index (χ3v) is 4.96. The molecule has 0 saturated heterocycles. The number of hydrogen-bond acceptors (Lipinski definition) is 6. The fourth-order valence-electron chi connectivity index (χ4n) is 2.17. The quantitative estimate of drug-likeness (QED) is 0.637. The number of esters is 1. The maximum atomic E-state index is 12.4. The van der Waals surface area contributed by atoms with Crippen molar-refractivity contribution in [1.29, 1.82) is 0 Å². The molecule has 0 saturated carbocycles. The van der Waals surface area contributed by atoms with Crippen LogP contribution in [0.15, 0.2) is 53.4 Å². The summed E-state index contributed by atoms with van der Waals surface area (Å²) in [6.07, 6.45) is -1.12. The van der Waals surface area contributed by atoms with Gasteiger partial charge < -0.3 is 14.8 Å². The highest BCUT2D eigenvalue weighted by Gasteiger charge is 2.34. The van der Waals surface area contributed by atoms with E-state index in [1.165, 1.54) is 45.0 Å². The van der Waals surface area contributed by atoms with E-state index in [1.807, 2.05) is 0 Å². The van der Waals surface area contributed by atoms with Gasteiger partial charge in [-0.1, -0.05) is 11.6 Å². The van der Waals surface area contributed by atoms with Gasteiger partial charge in [0.05, 0.1) is 4.90 Å². The molecule has 2 rings (SSSR count). The summed E-state index contributed by atoms with van der Waals surface area (Å²) in [4.78, 5) is 24.6. The fourth-order valence-corrected chi connectivity index (χ4v) is 2.81. The van der Waals surface area contributed by atoms with Gasteiger partial charge in [-0.15, -0.1) is 0 Å². The van der Waals surface area contributed by atoms with Gasteiger partial charge >= 0.3 is 5.97 Å². The second-order valence-electron chi connectivity index (χ2n) is 6.67. The molecule has 0 heterocycles. The predicted molar refractivity (Wildman–Crippen MR) is 108 cm³/mol. The second-order valence-corrected chi connectivity index (χ2v) is 8.67. The summed E-state index contributed by atoms with van der Waals surface area (Å²) in [5, 5.41) is 8.08. The number of benzene rings is 2. The number of anilines is 1. The lowest BCUT2D eigenvalue weighted by atomic mass is 10.1. The highest BCUT2D eigenvalue weighted by Crippen LogP contribution is 2.22. The van der Waals surface area contributed by atoms with Crippen LogP contribution in [0.4, 0.5) is 5.69 Å². The van der Waals surface area contributed by atoms with Crippen LogP contribution in [0, 0.1) is 0 Å². The van der Waals surface area contributed by atoms with Gasteiger partial charge in [-0.25, -0.2) is 18.4 Å². The van der Waals surface area contributed by atoms with Crippen molar-refractivity contribution < 1.29 is 27.5 Å². The van der Waals surface area contributed by atoms with Crippen LogP contribution in [0.25, 0.3) is 0 Å². The third kappa shape index (κ3) is 6.45. The first-order chi connectivity index (χ1) is 13.4. The van der Waals surface area contributed by atoms with Crippen LogP contribution in [-0.2, 0) is 24.3 Å². The van der Waals surface area contributed by atoms with E-state index in [9.17, 15) is 18.0 Å². The van der Waals surface area contributed by atoms with Gasteiger partial charge in [-0.3, -0.25) is 4.79 Å². The highest BCUT2D eigenvalue weighted by atomic mass is 35.5. The van der Waals surface area contributed by atoms with Gasteiger partial charge in [0.1, 0.15) is 5.75 Å². The van der Waals surface area contributed by atoms with Crippen molar-refractivity contribution in [1.82, 2.24) is 0 Å². The number of amides is 1. The van der Waals surface area contributed by atoms with Crippen molar-refractivity contribution >= 4 is 39.2 Å². The Hall–Kier alpha value is -2.62. The van der Waals surface area contributed by atoms with Gasteiger partial charge in [-0.05, 0) is 69.3 Å². The number of hydrogen-bond donors (Lipinski definition) is 2. The summed E-state index contributed by atoms with van der Waals surface area (Å²) < 4.78 is 33.3. The second kappa shape index (κ2) is 8.81. The number of nitrogens with one attached hydrogen (secondary N) is 1. The van der Waals surface area contributed by atoms with Crippen LogP contribution in [-0.4, -0.2) is 32.0 Å². The van der Waals surface area contributed by atoms with E-state index in [4.69, 9.17) is 26.2 Å². The zero-order valence-corrected chi connectivity index (χ0v) is 17.6. The zero-order valence-electron chi connectivity index (χ0n) is 16.0. The Balaban J connectivity index is 1.97. The van der Waals surface area contributed by atoms with E-state index in [1.54, 1.807) is 24.3 Å². The molecule has 0 aromatic heterocycles. The summed E-state index contributed by atoms with van der Waals surface area (Å²) in [6.45, 7) is 4.44. The predicted octanol–water partition coefficient (Wildman–Crippen LogP) is 2.72. The van der Waals surface area contributed by atoms with Gasteiger partial charge in [0, 0.05) is 10.7 Å². The highest BCUT2D eigenvalue weighted by molar-refractivity contribution is 7.89. The smallest absolute Gasteiger partial charge is 0.350 e. The minimum absolute atomic E-state index is 0.0870. The topological polar surface area (TPSA) is 125 Å². The number of sulfonamides is 1. The molecular weight excluding hydrogens is 420 g/mol. The summed E-state index contributed by atoms with van der Waals surface area (Å²) in [6, 6.07) is 11.7. The van der Waals surface area contributed by atoms with Gasteiger partial charge in [0.2, 0.25) is 10.0 Å². The molecule has 0 aliphatic rings. The van der Waals surface area contributed by atoms with E-state index in [2.05, 4.69) is 5.32 Å². The molecule has 2 aromatic rings. The van der Waals surface area contributed by atoms with Gasteiger partial charge in [0.15, 0.2) is 11.7 Å². The molecule has 0 bridgehead atoms. The lowest BCUT2D eigenvalue weighted by molar-refractivity contribution is -0.166. The number of carbonyl (C=O) groups is 2. The standard InChI is InChI=1S/C19H21ClN2O6S/c1-12(17(23)22-14-6-10-16(11-7-14)29(21,25)26)27-18(24)19(2,3)28-15-8-4-13(20)5-9-15/h4-12H,1-3H3,(H,22,23)(H2,21,25,26)/t12-/m0/s1. The SMILES string of the molecule is C[C@H](OC(=O)C(C)(C)Oc1ccc(Cl)cc1)C(=O)Nc1ccc(S(N)(=O)=O)cc1. The Morgan fingerprint density at radius 1 is 1.07 bits per heavy atom. The molecule has 29 heavy (non-hydrogen) atoms. The largest absolute Gasteiger partial charge is 0.476 e. The molecule has 2 aromatic carbocycles. The Labute approximate surface area is 174 Å². The number of ether oxygens (including phenoxy) is 2. The molecular formula is C19H21ClN2O6S. The molecule has 0 unspecified atom stereocenters. The lowest BCUT2D eigenvalue weighted by Crippen LogP contribution is -2.43. The average molecular weight is 441 g/mol. The van der Waals surface area contributed by atoms with Crippen LogP contribution in [0.3, 0.4) is 0 Å². The minimum Gasteiger partial charge on any atom is -0.476 e. The molecule has 10 heteroatoms. The molecule has 156 valence electrons. The first-order valence-electron chi connectivity index (χ1n) is 8.48. The Morgan fingerprint density at radius 3 is 2.14 bits per heavy atom. The summed E-state index contributed by atoms with van der Waals surface area (Å²) in [5.74, 6) is -0.910. The van der Waals surface area contributed by atoms with Gasteiger partial charge in [0.25, 0.3) is 5.91 Å². The minimum atomic E-state index is -3.83. The van der Waals surface area contributed by atoms with Crippen molar-refractivity contribution in [3.63, 3.8) is 0 Å². The van der Waals surface area contributed by atoms with Crippen LogP contribution < -0.4 is 15.2 Å². The third-order valence-electron chi connectivity index (χ3n) is 3.78. The molecule has 8 nitrogen and oxygen atoms in total. The molecule has 0 fully saturated rings. The van der Waals surface area contributed by atoms with E-state index in [-0.39, 0.29) is 4.90 Å². The van der Waals surface area contributed by atoms with E-state index >= 15 is 0 Å². The summed E-state index contributed by atoms with van der Waals surface area (Å²) in [5.41, 5.74) is -1.03. The maximum Gasteiger partial charge on any atom is 0.350 e. The van der Waals surface area contributed by atoms with Crippen molar-refractivity contribution in [2.75, 3.05) is 5.32 Å². The molecule has 0 spiro atoms. The number of halogens is 1. The molecule has 0 aliphatic carbocycles. The molecule has 0 radical (unpaired) electrons. The monoisotopic (exact) mass is 440 g/mol. The van der Waals surface area contributed by atoms with Crippen LogP contribution in [0.2, 0.25) is 5.02 Å². The van der Waals surface area contributed by atoms with E-state index in [0.29, 0.717) is 16.5 Å². The van der Waals surface area contributed by atoms with Gasteiger partial charge in [-0.2, -0.15) is 0 Å². The number of carbonyl (C=O) groups excluding carboxylic acids is 2. The summed E-state index contributed by atoms with van der Waals surface area (Å²) in [7, 11) is -3.83. The number of primary sulfonamides is 1. The fraction of sp³-hybridized carbons (Fsp3) is 0.263.